The van der Waals surface area contributed by atoms with E-state index in [1.807, 2.05) is 97.1 Å². The average molecular weight is 895 g/mol. The van der Waals surface area contributed by atoms with Crippen LogP contribution in [-0.2, 0) is 0 Å². The molecule has 0 N–H and O–H groups in total. The van der Waals surface area contributed by atoms with E-state index < -0.39 is 0 Å². The third kappa shape index (κ3) is 5.36. The zero-order valence-electron chi connectivity index (χ0n) is 41.7. The normalized spacial score (nSPS) is 12.8. The predicted molar refractivity (Wildman–Crippen MR) is 296 cm³/mol. The summed E-state index contributed by atoms with van der Waals surface area (Å²) in [5.74, 6) is 0. The lowest BCUT2D eigenvalue weighted by atomic mass is 9.89. The second kappa shape index (κ2) is 15.1. The topological polar surface area (TPSA) is 15.3 Å². The van der Waals surface area contributed by atoms with Crippen molar-refractivity contribution in [3.05, 3.63) is 255 Å². The summed E-state index contributed by atoms with van der Waals surface area (Å²) in [6.07, 6.45) is 0. The maximum absolute atomic E-state index is 8.43. The van der Waals surface area contributed by atoms with Crippen LogP contribution in [0, 0.1) is 0 Å². The van der Waals surface area contributed by atoms with Crippen LogP contribution in [0.1, 0.15) is 5.48 Å². The van der Waals surface area contributed by atoms with Crippen molar-refractivity contribution in [3.8, 4) is 22.3 Å². The van der Waals surface area contributed by atoms with Gasteiger partial charge in [0.2, 0.25) is 0 Å². The standard InChI is InChI=1S/C66H42N4/c1-7-23-43(24-8-1)57-61-51-39-41-55(67(45-27-11-3-12-28-45)46-29-13-4-14-30-46)59-50-36-20-22-38-54(50)70(63(51)59)66(61)58(44-25-9-2-10-26-44)62-52-40-42-56(60-49-35-19-21-37-53(49)69(64(52)60)65(57)62)68(47-31-15-5-16-32-47)48-33-17-6-18-34-48/h1-42H/i3D,4D,5D,6D. The smallest absolute Gasteiger partial charge is 0.0642 e. The van der Waals surface area contributed by atoms with Gasteiger partial charge in [0.1, 0.15) is 0 Å². The van der Waals surface area contributed by atoms with Gasteiger partial charge in [0.15, 0.2) is 0 Å². The van der Waals surface area contributed by atoms with Gasteiger partial charge in [-0.1, -0.05) is 182 Å². The molecule has 4 heteroatoms. The Morgan fingerprint density at radius 2 is 0.600 bits per heavy atom. The van der Waals surface area contributed by atoms with E-state index in [4.69, 9.17) is 5.48 Å². The Labute approximate surface area is 409 Å². The molecule has 4 nitrogen and oxygen atoms in total. The highest BCUT2D eigenvalue weighted by molar-refractivity contribution is 6.39. The lowest BCUT2D eigenvalue weighted by molar-refractivity contribution is 1.30. The lowest BCUT2D eigenvalue weighted by Crippen LogP contribution is -2.10. The summed E-state index contributed by atoms with van der Waals surface area (Å²) in [7, 11) is 0. The quantitative estimate of drug-likeness (QED) is 0.151. The fraction of sp³-hybridized carbons (Fsp3) is 0. The minimum Gasteiger partial charge on any atom is -0.310 e. The van der Waals surface area contributed by atoms with Gasteiger partial charge >= 0.3 is 0 Å². The fourth-order valence-corrected chi connectivity index (χ4v) is 11.8. The van der Waals surface area contributed by atoms with Gasteiger partial charge in [-0.15, -0.1) is 0 Å². The molecular formula is C66H42N4. The van der Waals surface area contributed by atoms with E-state index in [9.17, 15) is 0 Å². The van der Waals surface area contributed by atoms with Crippen molar-refractivity contribution in [2.45, 2.75) is 0 Å². The van der Waals surface area contributed by atoms with Crippen LogP contribution in [-0.4, -0.2) is 8.80 Å². The molecule has 0 unspecified atom stereocenters. The first-order valence-corrected chi connectivity index (χ1v) is 23.8. The SMILES string of the molecule is [2H]c1ccc(N(c2ccc([2H])cc2)c2ccc3c4c(-c5ccccc5)c5c(c(-c6ccccc6)c4n4c6ccccc6c2c34)c2ccc(N(c3ccc([2H])cc3)c3ccc([2H])cc3)c3c4ccccc4n5c23)cc1. The molecule has 15 aromatic rings. The molecule has 0 spiro atoms. The van der Waals surface area contributed by atoms with Gasteiger partial charge in [-0.3, -0.25) is 0 Å². The highest BCUT2D eigenvalue weighted by atomic mass is 15.2. The van der Waals surface area contributed by atoms with Gasteiger partial charge in [0, 0.05) is 77.0 Å². The van der Waals surface area contributed by atoms with Crippen molar-refractivity contribution >= 4 is 110 Å². The largest absolute Gasteiger partial charge is 0.310 e. The van der Waals surface area contributed by atoms with Gasteiger partial charge in [0.25, 0.3) is 0 Å². The first-order chi connectivity index (χ1) is 36.4. The molecule has 0 atom stereocenters. The van der Waals surface area contributed by atoms with Crippen molar-refractivity contribution in [2.75, 3.05) is 9.80 Å². The first kappa shape index (κ1) is 34.9. The van der Waals surface area contributed by atoms with E-state index in [1.54, 1.807) is 0 Å². The van der Waals surface area contributed by atoms with E-state index in [-0.39, 0.29) is 0 Å². The number of rotatable bonds is 8. The van der Waals surface area contributed by atoms with Crippen molar-refractivity contribution in [1.29, 1.82) is 0 Å². The van der Waals surface area contributed by atoms with E-state index in [1.165, 1.54) is 10.8 Å². The Balaban J connectivity index is 1.16. The fourth-order valence-electron chi connectivity index (χ4n) is 11.8. The number of para-hydroxylation sites is 6. The van der Waals surface area contributed by atoms with E-state index >= 15 is 0 Å². The van der Waals surface area contributed by atoms with E-state index in [2.05, 4.69) is 152 Å². The predicted octanol–water partition coefficient (Wildman–Crippen LogP) is 18.3. The zero-order chi connectivity index (χ0) is 49.3. The van der Waals surface area contributed by atoms with Crippen molar-refractivity contribution in [2.24, 2.45) is 0 Å². The molecule has 0 bridgehead atoms. The number of anilines is 6. The van der Waals surface area contributed by atoms with Crippen LogP contribution in [0.5, 0.6) is 0 Å². The summed E-state index contributed by atoms with van der Waals surface area (Å²) in [6, 6.07) is 81.2. The summed E-state index contributed by atoms with van der Waals surface area (Å²) < 4.78 is 38.8. The first-order valence-electron chi connectivity index (χ1n) is 25.8. The summed E-state index contributed by atoms with van der Waals surface area (Å²) in [5.41, 5.74) is 17.0. The molecule has 4 heterocycles. The molecule has 326 valence electrons. The van der Waals surface area contributed by atoms with E-state index in [0.29, 0.717) is 24.2 Å². The molecule has 0 saturated heterocycles. The Morgan fingerprint density at radius 3 is 0.957 bits per heavy atom. The molecule has 0 aliphatic carbocycles. The molecular weight excluding hydrogens is 849 g/mol. The van der Waals surface area contributed by atoms with Crippen LogP contribution in [0.15, 0.2) is 255 Å². The lowest BCUT2D eigenvalue weighted by Gasteiger charge is -2.26. The third-order valence-electron chi connectivity index (χ3n) is 14.5. The number of benzene rings is 11. The molecule has 0 aliphatic rings. The second-order valence-corrected chi connectivity index (χ2v) is 18.0. The number of fused-ring (bicyclic) bond motifs is 12. The van der Waals surface area contributed by atoms with Crippen LogP contribution in [0.3, 0.4) is 0 Å². The highest BCUT2D eigenvalue weighted by Gasteiger charge is 2.33. The Kier molecular flexibility index (Phi) is 7.50. The van der Waals surface area contributed by atoms with E-state index in [0.717, 1.165) is 122 Å². The number of hydrogen-bond acceptors (Lipinski definition) is 2. The molecule has 70 heavy (non-hydrogen) atoms. The molecule has 11 aromatic carbocycles. The van der Waals surface area contributed by atoms with Crippen LogP contribution >= 0.6 is 0 Å². The van der Waals surface area contributed by atoms with Gasteiger partial charge in [-0.05, 0) is 83.9 Å². The van der Waals surface area contributed by atoms with Crippen LogP contribution in [0.2, 0.25) is 0 Å². The molecule has 0 fully saturated rings. The maximum atomic E-state index is 8.43. The Bertz CT molecular complexity index is 4270. The monoisotopic (exact) mass is 894 g/mol. The summed E-state index contributed by atoms with van der Waals surface area (Å²) in [4.78, 5) is 4.55. The Morgan fingerprint density at radius 1 is 0.271 bits per heavy atom. The van der Waals surface area contributed by atoms with Gasteiger partial charge < -0.3 is 18.6 Å². The third-order valence-corrected chi connectivity index (χ3v) is 14.5. The van der Waals surface area contributed by atoms with Crippen LogP contribution in [0.25, 0.3) is 98.4 Å². The van der Waals surface area contributed by atoms with Crippen molar-refractivity contribution in [1.82, 2.24) is 8.80 Å². The summed E-state index contributed by atoms with van der Waals surface area (Å²) in [6.45, 7) is 0. The van der Waals surface area contributed by atoms with Gasteiger partial charge in [0.05, 0.1) is 50.0 Å². The molecule has 0 saturated carbocycles. The minimum absolute atomic E-state index is 0.442. The molecule has 0 radical (unpaired) electrons. The molecule has 15 rings (SSSR count). The Hall–Kier alpha value is -9.38. The average Bonchev–Trinajstić information content (AvgIpc) is 4.21. The number of hydrogen-bond donors (Lipinski definition) is 0. The molecule has 0 amide bonds. The zero-order valence-corrected chi connectivity index (χ0v) is 37.7. The molecule has 0 aliphatic heterocycles. The van der Waals surface area contributed by atoms with Crippen LogP contribution in [0.4, 0.5) is 34.1 Å². The number of nitrogens with zero attached hydrogens (tertiary/aromatic N) is 4. The number of aromatic nitrogens is 2. The summed E-state index contributed by atoms with van der Waals surface area (Å²) in [5, 5.41) is 9.12. The van der Waals surface area contributed by atoms with Gasteiger partial charge in [-0.2, -0.15) is 0 Å². The highest BCUT2D eigenvalue weighted by Crippen LogP contribution is 2.57. The molecule has 4 aromatic heterocycles. The van der Waals surface area contributed by atoms with Gasteiger partial charge in [-0.25, -0.2) is 0 Å². The van der Waals surface area contributed by atoms with Crippen molar-refractivity contribution < 1.29 is 5.48 Å². The van der Waals surface area contributed by atoms with Crippen LogP contribution < -0.4 is 9.80 Å². The maximum Gasteiger partial charge on any atom is 0.0642 e. The minimum atomic E-state index is 0.442. The summed E-state index contributed by atoms with van der Waals surface area (Å²) >= 11 is 0. The second-order valence-electron chi connectivity index (χ2n) is 18.0. The van der Waals surface area contributed by atoms with Crippen molar-refractivity contribution in [3.63, 3.8) is 0 Å².